The lowest BCUT2D eigenvalue weighted by Crippen LogP contribution is -2.42. The lowest BCUT2D eigenvalue weighted by molar-refractivity contribution is -0.150. The second-order valence-electron chi connectivity index (χ2n) is 24.2. The number of benzene rings is 6. The van der Waals surface area contributed by atoms with E-state index in [0.29, 0.717) is 52.9 Å². The van der Waals surface area contributed by atoms with Gasteiger partial charge in [0.15, 0.2) is 0 Å². The van der Waals surface area contributed by atoms with Gasteiger partial charge in [0.05, 0.1) is 75.0 Å². The third-order valence-corrected chi connectivity index (χ3v) is 15.6. The largest absolute Gasteiger partial charge is 0.466 e. The monoisotopic (exact) mass is 1440 g/mol. The number of hydrogen-bond acceptors (Lipinski definition) is 26. The molecule has 0 spiro atoms. The highest BCUT2D eigenvalue weighted by atomic mass is 16.6. The number of unbranched alkanes of at least 4 members (excludes halogenated alkanes) is 8. The Morgan fingerprint density at radius 2 is 0.543 bits per heavy atom. The van der Waals surface area contributed by atoms with Gasteiger partial charge in [-0.3, -0.25) is 9.59 Å². The van der Waals surface area contributed by atoms with Gasteiger partial charge < -0.3 is 68.3 Å². The SMILES string of the molecule is COC(=O)C=Cc1ccc(C(=O)OCC(C)(COC(=O)c2ccc(C=CC(=O)OC)cc2)C(=O)Oc2cc(OC(=O)C(C)(COC(=O)c3ccc(C=CC(=O)OC)cc3)COC(=O)c3ccc(C=CC(=O)OC)cc3)cc(C(=O)OCCCCCCCCCCCOC(=O)c3cc(N)cc(N)c3)c2)cc1. The highest BCUT2D eigenvalue weighted by molar-refractivity contribution is 5.96. The molecule has 0 amide bonds. The van der Waals surface area contributed by atoms with Gasteiger partial charge in [0.25, 0.3) is 0 Å². The van der Waals surface area contributed by atoms with E-state index in [2.05, 4.69) is 18.9 Å². The van der Waals surface area contributed by atoms with Crippen molar-refractivity contribution in [1.82, 2.24) is 0 Å². The molecule has 0 aliphatic carbocycles. The van der Waals surface area contributed by atoms with Crippen LogP contribution < -0.4 is 20.9 Å². The molecule has 105 heavy (non-hydrogen) atoms. The fourth-order valence-electron chi connectivity index (χ4n) is 9.40. The molecule has 26 heteroatoms. The zero-order valence-electron chi connectivity index (χ0n) is 58.9. The Balaban J connectivity index is 1.25. The molecule has 0 aliphatic heterocycles. The Labute approximate surface area is 606 Å². The number of carbonyl (C=O) groups excluding carboxylic acids is 12. The lowest BCUT2D eigenvalue weighted by Gasteiger charge is -2.27. The summed E-state index contributed by atoms with van der Waals surface area (Å²) in [7, 11) is 4.85. The second kappa shape index (κ2) is 41.4. The summed E-state index contributed by atoms with van der Waals surface area (Å²) in [5.74, 6) is -11.0. The van der Waals surface area contributed by atoms with Crippen molar-refractivity contribution in [2.24, 2.45) is 10.8 Å². The van der Waals surface area contributed by atoms with E-state index in [1.807, 2.05) is 0 Å². The molecule has 0 aromatic heterocycles. The molecule has 0 atom stereocenters. The minimum absolute atomic E-state index is 0.0123. The number of nitrogen functional groups attached to an aromatic ring is 2. The third-order valence-electron chi connectivity index (χ3n) is 15.6. The van der Waals surface area contributed by atoms with Crippen molar-refractivity contribution in [1.29, 1.82) is 0 Å². The van der Waals surface area contributed by atoms with Crippen molar-refractivity contribution < 1.29 is 114 Å². The number of carbonyl (C=O) groups is 12. The summed E-state index contributed by atoms with van der Waals surface area (Å²) < 4.78 is 64.2. The molecule has 0 aliphatic rings. The van der Waals surface area contributed by atoms with E-state index in [4.69, 9.17) is 49.4 Å². The molecule has 0 fully saturated rings. The van der Waals surface area contributed by atoms with Crippen molar-refractivity contribution in [2.75, 3.05) is 79.5 Å². The topological polar surface area (TPSA) is 368 Å². The number of ether oxygens (including phenoxy) is 12. The first-order valence-corrected chi connectivity index (χ1v) is 33.1. The van der Waals surface area contributed by atoms with Crippen LogP contribution in [0.25, 0.3) is 24.3 Å². The zero-order chi connectivity index (χ0) is 76.3. The van der Waals surface area contributed by atoms with Crippen LogP contribution in [0, 0.1) is 10.8 Å². The Kier molecular flexibility index (Phi) is 32.2. The highest BCUT2D eigenvalue weighted by Gasteiger charge is 2.42. The van der Waals surface area contributed by atoms with Crippen LogP contribution in [-0.2, 0) is 76.1 Å². The number of esters is 12. The molecule has 4 N–H and O–H groups in total. The number of rotatable bonds is 38. The Morgan fingerprint density at radius 1 is 0.305 bits per heavy atom. The van der Waals surface area contributed by atoms with Gasteiger partial charge in [0.1, 0.15) is 48.8 Å². The van der Waals surface area contributed by atoms with Crippen molar-refractivity contribution in [2.45, 2.75) is 71.6 Å². The fraction of sp³-hybridized carbons (Fsp3) is 0.291. The molecule has 6 rings (SSSR count). The molecule has 0 saturated carbocycles. The summed E-state index contributed by atoms with van der Waals surface area (Å²) in [6, 6.07) is 31.1. The first-order valence-electron chi connectivity index (χ1n) is 33.1. The van der Waals surface area contributed by atoms with E-state index in [1.54, 1.807) is 6.07 Å². The maximum absolute atomic E-state index is 14.8. The van der Waals surface area contributed by atoms with Crippen molar-refractivity contribution in [3.05, 3.63) is 213 Å². The standard InChI is InChI=1S/C79H82N2O24/c1-78(48-100-70(86)56-28-16-52(17-29-56)24-36-66(82)94-3,49-101-71(87)57-30-18-53(19-31-57)25-37-67(83)95-4)76(92)104-64-44-61(75(91)99-41-15-13-11-9-7-8-10-12-14-40-98-74(90)60-42-62(80)46-63(81)43-60)45-65(47-64)105-77(93)79(2,50-102-72(88)58-32-20-54(21-33-58)26-38-68(84)96-5)51-103-73(89)59-34-22-55(23-35-59)27-39-69(85)97-6/h16-39,42-47H,7-15,40-41,48-51,80-81H2,1-6H3. The average molecular weight is 1440 g/mol. The number of methoxy groups -OCH3 is 4. The number of anilines is 2. The third kappa shape index (κ3) is 27.4. The maximum Gasteiger partial charge on any atom is 0.338 e. The van der Waals surface area contributed by atoms with E-state index >= 15 is 0 Å². The maximum atomic E-state index is 14.8. The van der Waals surface area contributed by atoms with E-state index in [1.165, 1.54) is 200 Å². The Bertz CT molecular complexity index is 3770. The molecule has 0 unspecified atom stereocenters. The normalized spacial score (nSPS) is 12.2. The van der Waals surface area contributed by atoms with Gasteiger partial charge in [0, 0.05) is 41.7 Å². The summed E-state index contributed by atoms with van der Waals surface area (Å²) in [4.78, 5) is 158. The summed E-state index contributed by atoms with van der Waals surface area (Å²) >= 11 is 0. The van der Waals surface area contributed by atoms with Crippen LogP contribution in [0.4, 0.5) is 11.4 Å². The molecule has 552 valence electrons. The number of hydrogen-bond donors (Lipinski definition) is 2. The molecule has 0 bridgehead atoms. The summed E-state index contributed by atoms with van der Waals surface area (Å²) in [5, 5.41) is 0. The van der Waals surface area contributed by atoms with Gasteiger partial charge >= 0.3 is 71.6 Å². The summed E-state index contributed by atoms with van der Waals surface area (Å²) in [5.41, 5.74) is 10.3. The smallest absolute Gasteiger partial charge is 0.338 e. The lowest BCUT2D eigenvalue weighted by atomic mass is 9.93. The fourth-order valence-corrected chi connectivity index (χ4v) is 9.40. The van der Waals surface area contributed by atoms with E-state index in [-0.39, 0.29) is 46.6 Å². The van der Waals surface area contributed by atoms with Crippen LogP contribution in [0.1, 0.15) is 156 Å². The van der Waals surface area contributed by atoms with Crippen LogP contribution in [-0.4, -0.2) is 140 Å². The van der Waals surface area contributed by atoms with Crippen molar-refractivity contribution in [3.8, 4) is 11.5 Å². The molecule has 0 heterocycles. The van der Waals surface area contributed by atoms with E-state index in [9.17, 15) is 57.5 Å². The average Bonchev–Trinajstić information content (AvgIpc) is 0.816. The quantitative estimate of drug-likeness (QED) is 0.00908. The van der Waals surface area contributed by atoms with Crippen molar-refractivity contribution >= 4 is 107 Å². The van der Waals surface area contributed by atoms with Crippen LogP contribution >= 0.6 is 0 Å². The Morgan fingerprint density at radius 3 is 0.800 bits per heavy atom. The zero-order valence-corrected chi connectivity index (χ0v) is 58.9. The first kappa shape index (κ1) is 81.5. The van der Waals surface area contributed by atoms with Gasteiger partial charge in [-0.15, -0.1) is 0 Å². The Hall–Kier alpha value is -12.5. The van der Waals surface area contributed by atoms with Gasteiger partial charge in [-0.1, -0.05) is 93.5 Å². The molecule has 6 aromatic carbocycles. The molecule has 6 aromatic rings. The molecule has 26 nitrogen and oxygen atoms in total. The van der Waals surface area contributed by atoms with Gasteiger partial charge in [-0.05, 0) is 152 Å². The number of nitrogens with two attached hydrogens (primary N) is 2. The minimum Gasteiger partial charge on any atom is -0.466 e. The molecule has 0 radical (unpaired) electrons. The van der Waals surface area contributed by atoms with Gasteiger partial charge in [-0.25, -0.2) is 47.9 Å². The molecular weight excluding hydrogens is 1360 g/mol. The van der Waals surface area contributed by atoms with Crippen LogP contribution in [0.2, 0.25) is 0 Å². The predicted molar refractivity (Wildman–Crippen MR) is 382 cm³/mol. The summed E-state index contributed by atoms with van der Waals surface area (Å²) in [6.45, 7) is -0.479. The first-order chi connectivity index (χ1) is 50.3. The van der Waals surface area contributed by atoms with Crippen LogP contribution in [0.5, 0.6) is 11.5 Å². The van der Waals surface area contributed by atoms with Crippen LogP contribution in [0.3, 0.4) is 0 Å². The van der Waals surface area contributed by atoms with Gasteiger partial charge in [0.2, 0.25) is 0 Å². The van der Waals surface area contributed by atoms with E-state index in [0.717, 1.165) is 56.7 Å². The van der Waals surface area contributed by atoms with E-state index < -0.39 is 120 Å². The minimum atomic E-state index is -2.07. The summed E-state index contributed by atoms with van der Waals surface area (Å²) in [6.07, 6.45) is 17.6. The predicted octanol–water partition coefficient (Wildman–Crippen LogP) is 11.4. The highest BCUT2D eigenvalue weighted by Crippen LogP contribution is 2.32. The molecular formula is C79H82N2O24. The molecule has 0 saturated heterocycles. The van der Waals surface area contributed by atoms with Gasteiger partial charge in [-0.2, -0.15) is 0 Å². The van der Waals surface area contributed by atoms with Crippen molar-refractivity contribution in [3.63, 3.8) is 0 Å². The second-order valence-corrected chi connectivity index (χ2v) is 24.2. The van der Waals surface area contributed by atoms with Crippen LogP contribution in [0.15, 0.2) is 158 Å².